The Morgan fingerprint density at radius 3 is 2.44 bits per heavy atom. The molecular formula is C27H26N4O2S. The lowest BCUT2D eigenvalue weighted by atomic mass is 10.1. The Morgan fingerprint density at radius 2 is 1.68 bits per heavy atom. The maximum Gasteiger partial charge on any atom is 0.251 e. The summed E-state index contributed by atoms with van der Waals surface area (Å²) in [6.07, 6.45) is 4.40. The highest BCUT2D eigenvalue weighted by molar-refractivity contribution is 7.99. The molecule has 0 fully saturated rings. The number of nitrogens with zero attached hydrogens (tertiary/aromatic N) is 2. The summed E-state index contributed by atoms with van der Waals surface area (Å²) in [7, 11) is 0. The number of imidazole rings is 1. The van der Waals surface area contributed by atoms with Crippen molar-refractivity contribution >= 4 is 29.3 Å². The number of hydrogen-bond acceptors (Lipinski definition) is 4. The second kappa shape index (κ2) is 11.3. The fourth-order valence-corrected chi connectivity index (χ4v) is 4.29. The van der Waals surface area contributed by atoms with Crippen molar-refractivity contribution in [3.8, 4) is 5.69 Å². The van der Waals surface area contributed by atoms with Gasteiger partial charge in [-0.2, -0.15) is 0 Å². The number of aryl methyl sites for hydroxylation is 1. The van der Waals surface area contributed by atoms with Gasteiger partial charge in [0.1, 0.15) is 0 Å². The number of nitrogens with one attached hydrogen (secondary N) is 2. The number of para-hydroxylation sites is 1. The highest BCUT2D eigenvalue weighted by Gasteiger charge is 2.12. The third kappa shape index (κ3) is 5.94. The summed E-state index contributed by atoms with van der Waals surface area (Å²) in [4.78, 5) is 29.4. The zero-order valence-electron chi connectivity index (χ0n) is 18.9. The van der Waals surface area contributed by atoms with Gasteiger partial charge in [0, 0.05) is 35.9 Å². The Kier molecular flexibility index (Phi) is 7.78. The molecule has 0 spiro atoms. The molecule has 172 valence electrons. The van der Waals surface area contributed by atoms with E-state index >= 15 is 0 Å². The largest absolute Gasteiger partial charge is 0.348 e. The number of carbonyl (C=O) groups excluding carboxylic acids is 2. The molecule has 0 aliphatic heterocycles. The van der Waals surface area contributed by atoms with Crippen molar-refractivity contribution in [1.82, 2.24) is 14.9 Å². The molecule has 1 heterocycles. The van der Waals surface area contributed by atoms with Crippen LogP contribution >= 0.6 is 11.8 Å². The SMILES string of the molecule is CCc1ccccc1NC(=O)CSc1nccn1-c1ccc(C(=O)NCc2ccccc2)cc1. The number of rotatable bonds is 9. The van der Waals surface area contributed by atoms with Crippen LogP contribution in [0.25, 0.3) is 5.69 Å². The molecule has 0 radical (unpaired) electrons. The molecule has 0 aliphatic rings. The number of carbonyl (C=O) groups is 2. The van der Waals surface area contributed by atoms with Gasteiger partial charge in [-0.15, -0.1) is 0 Å². The predicted octanol–water partition coefficient (Wildman–Crippen LogP) is 5.10. The van der Waals surface area contributed by atoms with Gasteiger partial charge in [0.15, 0.2) is 5.16 Å². The van der Waals surface area contributed by atoms with Crippen LogP contribution in [0.1, 0.15) is 28.4 Å². The van der Waals surface area contributed by atoms with Crippen LogP contribution in [0.3, 0.4) is 0 Å². The zero-order valence-corrected chi connectivity index (χ0v) is 19.7. The average Bonchev–Trinajstić information content (AvgIpc) is 3.36. The minimum Gasteiger partial charge on any atom is -0.348 e. The Labute approximate surface area is 203 Å². The van der Waals surface area contributed by atoms with Crippen LogP contribution < -0.4 is 10.6 Å². The summed E-state index contributed by atoms with van der Waals surface area (Å²) >= 11 is 1.37. The number of aromatic nitrogens is 2. The van der Waals surface area contributed by atoms with E-state index in [1.54, 1.807) is 18.3 Å². The van der Waals surface area contributed by atoms with Crippen molar-refractivity contribution in [2.24, 2.45) is 0 Å². The molecule has 34 heavy (non-hydrogen) atoms. The zero-order chi connectivity index (χ0) is 23.8. The highest BCUT2D eigenvalue weighted by Crippen LogP contribution is 2.22. The van der Waals surface area contributed by atoms with Gasteiger partial charge in [0.2, 0.25) is 5.91 Å². The van der Waals surface area contributed by atoms with Crippen LogP contribution in [-0.4, -0.2) is 27.1 Å². The monoisotopic (exact) mass is 470 g/mol. The fraction of sp³-hybridized carbons (Fsp3) is 0.148. The van der Waals surface area contributed by atoms with Crippen LogP contribution in [0.5, 0.6) is 0 Å². The highest BCUT2D eigenvalue weighted by atomic mass is 32.2. The molecule has 2 amide bonds. The number of thioether (sulfide) groups is 1. The van der Waals surface area contributed by atoms with E-state index in [4.69, 9.17) is 0 Å². The minimum absolute atomic E-state index is 0.0779. The fourth-order valence-electron chi connectivity index (χ4n) is 3.51. The van der Waals surface area contributed by atoms with Gasteiger partial charge in [0.25, 0.3) is 5.91 Å². The molecule has 7 heteroatoms. The van der Waals surface area contributed by atoms with E-state index in [1.165, 1.54) is 11.8 Å². The first-order chi connectivity index (χ1) is 16.6. The van der Waals surface area contributed by atoms with Crippen LogP contribution in [0.4, 0.5) is 5.69 Å². The molecule has 3 aromatic carbocycles. The van der Waals surface area contributed by atoms with Gasteiger partial charge >= 0.3 is 0 Å². The van der Waals surface area contributed by atoms with Crippen LogP contribution in [-0.2, 0) is 17.8 Å². The van der Waals surface area contributed by atoms with Crippen molar-refractivity contribution in [1.29, 1.82) is 0 Å². The molecule has 0 atom stereocenters. The Hall–Kier alpha value is -3.84. The van der Waals surface area contributed by atoms with E-state index in [1.807, 2.05) is 77.5 Å². The Balaban J connectivity index is 1.35. The molecule has 0 saturated carbocycles. The maximum absolute atomic E-state index is 12.5. The van der Waals surface area contributed by atoms with E-state index in [9.17, 15) is 9.59 Å². The van der Waals surface area contributed by atoms with E-state index in [-0.39, 0.29) is 17.6 Å². The first-order valence-corrected chi connectivity index (χ1v) is 12.1. The lowest BCUT2D eigenvalue weighted by Gasteiger charge is -2.11. The third-order valence-electron chi connectivity index (χ3n) is 5.32. The van der Waals surface area contributed by atoms with E-state index in [2.05, 4.69) is 22.5 Å². The van der Waals surface area contributed by atoms with Crippen LogP contribution in [0.15, 0.2) is 96.4 Å². The summed E-state index contributed by atoms with van der Waals surface area (Å²) in [6.45, 7) is 2.54. The lowest BCUT2D eigenvalue weighted by molar-refractivity contribution is -0.113. The molecule has 4 aromatic rings. The molecule has 0 bridgehead atoms. The number of amides is 2. The molecule has 0 saturated heterocycles. The molecule has 4 rings (SSSR count). The first-order valence-electron chi connectivity index (χ1n) is 11.1. The van der Waals surface area contributed by atoms with Crippen molar-refractivity contribution in [3.05, 3.63) is 108 Å². The van der Waals surface area contributed by atoms with Gasteiger partial charge in [0.05, 0.1) is 5.75 Å². The molecule has 6 nitrogen and oxygen atoms in total. The number of hydrogen-bond donors (Lipinski definition) is 2. The molecule has 2 N–H and O–H groups in total. The predicted molar refractivity (Wildman–Crippen MR) is 136 cm³/mol. The van der Waals surface area contributed by atoms with Gasteiger partial charge in [-0.25, -0.2) is 4.98 Å². The molecule has 0 aliphatic carbocycles. The van der Waals surface area contributed by atoms with Crippen molar-refractivity contribution in [2.75, 3.05) is 11.1 Å². The number of anilines is 1. The normalized spacial score (nSPS) is 10.6. The van der Waals surface area contributed by atoms with E-state index in [0.717, 1.165) is 28.9 Å². The van der Waals surface area contributed by atoms with Crippen molar-refractivity contribution in [3.63, 3.8) is 0 Å². The van der Waals surface area contributed by atoms with Crippen LogP contribution in [0, 0.1) is 0 Å². The molecule has 1 aromatic heterocycles. The summed E-state index contributed by atoms with van der Waals surface area (Å²) in [5.74, 6) is 0.0419. The summed E-state index contributed by atoms with van der Waals surface area (Å²) < 4.78 is 1.91. The number of benzene rings is 3. The van der Waals surface area contributed by atoms with Gasteiger partial charge in [-0.1, -0.05) is 67.2 Å². The molecular weight excluding hydrogens is 444 g/mol. The van der Waals surface area contributed by atoms with E-state index in [0.29, 0.717) is 17.3 Å². The standard InChI is InChI=1S/C27H26N4O2S/c1-2-21-10-6-7-11-24(21)30-25(32)19-34-27-28-16-17-31(27)23-14-12-22(13-15-23)26(33)29-18-20-8-4-3-5-9-20/h3-17H,2,18-19H2,1H3,(H,29,33)(H,30,32). The van der Waals surface area contributed by atoms with Crippen molar-refractivity contribution < 1.29 is 9.59 Å². The summed E-state index contributed by atoms with van der Waals surface area (Å²) in [5.41, 5.74) is 4.46. The first kappa shape index (κ1) is 23.3. The Morgan fingerprint density at radius 1 is 0.941 bits per heavy atom. The lowest BCUT2D eigenvalue weighted by Crippen LogP contribution is -2.22. The topological polar surface area (TPSA) is 76.0 Å². The van der Waals surface area contributed by atoms with Crippen LogP contribution in [0.2, 0.25) is 0 Å². The minimum atomic E-state index is -0.125. The van der Waals surface area contributed by atoms with Gasteiger partial charge in [-0.05, 0) is 47.9 Å². The van der Waals surface area contributed by atoms with Gasteiger partial charge in [-0.3, -0.25) is 14.2 Å². The van der Waals surface area contributed by atoms with E-state index < -0.39 is 0 Å². The van der Waals surface area contributed by atoms with Crippen molar-refractivity contribution in [2.45, 2.75) is 25.0 Å². The van der Waals surface area contributed by atoms with Gasteiger partial charge < -0.3 is 10.6 Å². The second-order valence-corrected chi connectivity index (χ2v) is 8.59. The second-order valence-electron chi connectivity index (χ2n) is 7.64. The summed E-state index contributed by atoms with van der Waals surface area (Å²) in [6, 6.07) is 25.0. The smallest absolute Gasteiger partial charge is 0.251 e. The Bertz CT molecular complexity index is 1250. The maximum atomic E-state index is 12.5. The third-order valence-corrected chi connectivity index (χ3v) is 6.28. The summed E-state index contributed by atoms with van der Waals surface area (Å²) in [5, 5.41) is 6.63. The quantitative estimate of drug-likeness (QED) is 0.334. The molecule has 0 unspecified atom stereocenters. The average molecular weight is 471 g/mol.